The normalized spacial score (nSPS) is 16.6. The molecule has 0 spiro atoms. The molecule has 2 aliphatic rings. The van der Waals surface area contributed by atoms with Gasteiger partial charge < -0.3 is 4.90 Å². The number of allylic oxidation sites excluding steroid dienone is 2. The Hall–Kier alpha value is -3.84. The molecule has 0 radical (unpaired) electrons. The van der Waals surface area contributed by atoms with Gasteiger partial charge in [-0.15, -0.1) is 0 Å². The molecule has 0 aromatic heterocycles. The molecule has 0 atom stereocenters. The number of rotatable bonds is 3. The third kappa shape index (κ3) is 4.51. The highest BCUT2D eigenvalue weighted by Gasteiger charge is 2.42. The van der Waals surface area contributed by atoms with E-state index in [-0.39, 0.29) is 21.7 Å². The third-order valence-electron chi connectivity index (χ3n) is 10.2. The first-order valence-electron chi connectivity index (χ1n) is 15.7. The van der Waals surface area contributed by atoms with Crippen LogP contribution < -0.4 is 4.90 Å². The van der Waals surface area contributed by atoms with E-state index in [2.05, 4.69) is 166 Å². The Balaban J connectivity index is 1.50. The summed E-state index contributed by atoms with van der Waals surface area (Å²) in [5.74, 6) is 0. The second-order valence-electron chi connectivity index (χ2n) is 15.8. The molecule has 1 nitrogen and oxygen atoms in total. The first-order valence-corrected chi connectivity index (χ1v) is 15.7. The van der Waals surface area contributed by atoms with Crippen molar-refractivity contribution in [3.63, 3.8) is 0 Å². The molecule has 1 heteroatoms. The molecule has 0 aliphatic heterocycles. The topological polar surface area (TPSA) is 3.24 Å². The standard InChI is InChI=1S/C42H47N/c1-26-27(2)41(9,10)37-25-35-33-22-21-32(23-36(33)42(11,12)38(35)24-34(26)37)43(30-17-13-28(14-18-30)39(3,4)5)31-19-15-29(16-20-31)40(6,7)8/h13-25H,1-2H2,3-12H3. The average Bonchev–Trinajstić information content (AvgIpc) is 3.26. The van der Waals surface area contributed by atoms with E-state index in [1.54, 1.807) is 0 Å². The summed E-state index contributed by atoms with van der Waals surface area (Å²) in [7, 11) is 0. The Bertz CT molecular complexity index is 1720. The smallest absolute Gasteiger partial charge is 0.0465 e. The van der Waals surface area contributed by atoms with Gasteiger partial charge in [-0.05, 0) is 115 Å². The predicted molar refractivity (Wildman–Crippen MR) is 187 cm³/mol. The zero-order chi connectivity index (χ0) is 31.3. The van der Waals surface area contributed by atoms with Crippen molar-refractivity contribution >= 4 is 22.6 Å². The summed E-state index contributed by atoms with van der Waals surface area (Å²) in [6, 6.07) is 30.1. The average molecular weight is 566 g/mol. The number of fused-ring (bicyclic) bond motifs is 4. The van der Waals surface area contributed by atoms with Crippen molar-refractivity contribution in [1.82, 2.24) is 0 Å². The van der Waals surface area contributed by atoms with Gasteiger partial charge >= 0.3 is 0 Å². The van der Waals surface area contributed by atoms with Crippen LogP contribution in [-0.4, -0.2) is 0 Å². The molecule has 0 bridgehead atoms. The van der Waals surface area contributed by atoms with Crippen LogP contribution >= 0.6 is 0 Å². The Labute approximate surface area is 260 Å². The molecule has 4 aromatic rings. The summed E-state index contributed by atoms with van der Waals surface area (Å²) < 4.78 is 0. The summed E-state index contributed by atoms with van der Waals surface area (Å²) in [4.78, 5) is 2.41. The van der Waals surface area contributed by atoms with Crippen molar-refractivity contribution in [1.29, 1.82) is 0 Å². The first kappa shape index (κ1) is 29.2. The number of nitrogens with zero attached hydrogens (tertiary/aromatic N) is 1. The monoisotopic (exact) mass is 565 g/mol. The van der Waals surface area contributed by atoms with Gasteiger partial charge in [-0.2, -0.15) is 0 Å². The van der Waals surface area contributed by atoms with Gasteiger partial charge in [-0.1, -0.05) is 113 Å². The Kier molecular flexibility index (Phi) is 6.34. The van der Waals surface area contributed by atoms with Crippen molar-refractivity contribution < 1.29 is 0 Å². The highest BCUT2D eigenvalue weighted by molar-refractivity contribution is 5.93. The van der Waals surface area contributed by atoms with Crippen LogP contribution in [0.25, 0.3) is 16.7 Å². The van der Waals surface area contributed by atoms with E-state index in [9.17, 15) is 0 Å². The lowest BCUT2D eigenvalue weighted by Crippen LogP contribution is -2.18. The van der Waals surface area contributed by atoms with E-state index in [4.69, 9.17) is 0 Å². The highest BCUT2D eigenvalue weighted by Crippen LogP contribution is 2.56. The SMILES string of the molecule is C=C1C(=C)C(C)(C)c2cc3c(cc21)C(C)(C)c1cc(N(c2ccc(C(C)(C)C)cc2)c2ccc(C(C)(C)C)cc2)ccc1-3. The quantitative estimate of drug-likeness (QED) is 0.239. The molecule has 6 rings (SSSR count). The number of hydrogen-bond acceptors (Lipinski definition) is 1. The second kappa shape index (κ2) is 9.33. The van der Waals surface area contributed by atoms with Crippen LogP contribution in [0.5, 0.6) is 0 Å². The van der Waals surface area contributed by atoms with Gasteiger partial charge in [-0.3, -0.25) is 0 Å². The minimum Gasteiger partial charge on any atom is -0.310 e. The fourth-order valence-electron chi connectivity index (χ4n) is 7.05. The Morgan fingerprint density at radius 3 is 1.40 bits per heavy atom. The van der Waals surface area contributed by atoms with Crippen LogP contribution in [0.1, 0.15) is 103 Å². The summed E-state index contributed by atoms with van der Waals surface area (Å²) in [6.07, 6.45) is 0. The van der Waals surface area contributed by atoms with Crippen molar-refractivity contribution in [2.75, 3.05) is 4.90 Å². The summed E-state index contributed by atoms with van der Waals surface area (Å²) >= 11 is 0. The molecule has 0 saturated carbocycles. The maximum Gasteiger partial charge on any atom is 0.0465 e. The van der Waals surface area contributed by atoms with E-state index in [1.165, 1.54) is 61.6 Å². The van der Waals surface area contributed by atoms with Gasteiger partial charge in [0, 0.05) is 27.9 Å². The van der Waals surface area contributed by atoms with Crippen LogP contribution in [0, 0.1) is 0 Å². The first-order chi connectivity index (χ1) is 19.9. The van der Waals surface area contributed by atoms with E-state index in [0.717, 1.165) is 11.1 Å². The Morgan fingerprint density at radius 2 is 0.907 bits per heavy atom. The summed E-state index contributed by atoms with van der Waals surface area (Å²) in [6.45, 7) is 31.8. The lowest BCUT2D eigenvalue weighted by Gasteiger charge is -2.29. The summed E-state index contributed by atoms with van der Waals surface area (Å²) in [5, 5.41) is 0. The molecule has 0 saturated heterocycles. The fraction of sp³-hybridized carbons (Fsp3) is 0.333. The largest absolute Gasteiger partial charge is 0.310 e. The predicted octanol–water partition coefficient (Wildman–Crippen LogP) is 11.9. The van der Waals surface area contributed by atoms with Crippen molar-refractivity contribution in [2.45, 2.75) is 90.9 Å². The maximum atomic E-state index is 4.44. The van der Waals surface area contributed by atoms with Crippen LogP contribution in [0.3, 0.4) is 0 Å². The molecule has 0 fully saturated rings. The van der Waals surface area contributed by atoms with Gasteiger partial charge in [0.2, 0.25) is 0 Å². The number of hydrogen-bond donors (Lipinski definition) is 0. The molecule has 0 heterocycles. The van der Waals surface area contributed by atoms with Gasteiger partial charge in [0.05, 0.1) is 0 Å². The Morgan fingerprint density at radius 1 is 0.488 bits per heavy atom. The molecule has 4 aromatic carbocycles. The number of benzene rings is 4. The van der Waals surface area contributed by atoms with Crippen molar-refractivity contribution in [3.05, 3.63) is 131 Å². The van der Waals surface area contributed by atoms with Gasteiger partial charge in [0.1, 0.15) is 0 Å². The van der Waals surface area contributed by atoms with E-state index in [0.29, 0.717) is 0 Å². The third-order valence-corrected chi connectivity index (χ3v) is 10.2. The molecular formula is C42H47N. The van der Waals surface area contributed by atoms with E-state index >= 15 is 0 Å². The minimum absolute atomic E-state index is 0.105. The van der Waals surface area contributed by atoms with Crippen LogP contribution in [0.2, 0.25) is 0 Å². The van der Waals surface area contributed by atoms with Crippen molar-refractivity contribution in [2.24, 2.45) is 0 Å². The van der Waals surface area contributed by atoms with E-state index < -0.39 is 0 Å². The van der Waals surface area contributed by atoms with Crippen LogP contribution in [0.4, 0.5) is 17.1 Å². The molecule has 0 unspecified atom stereocenters. The molecule has 220 valence electrons. The molecule has 43 heavy (non-hydrogen) atoms. The van der Waals surface area contributed by atoms with Gasteiger partial charge in [-0.25, -0.2) is 0 Å². The zero-order valence-electron chi connectivity index (χ0n) is 27.9. The van der Waals surface area contributed by atoms with Gasteiger partial charge in [0.25, 0.3) is 0 Å². The van der Waals surface area contributed by atoms with E-state index in [1.807, 2.05) is 0 Å². The second-order valence-corrected chi connectivity index (χ2v) is 15.8. The maximum absolute atomic E-state index is 4.44. The van der Waals surface area contributed by atoms with Crippen LogP contribution in [-0.2, 0) is 21.7 Å². The molecule has 0 N–H and O–H groups in total. The molecule has 0 amide bonds. The fourth-order valence-corrected chi connectivity index (χ4v) is 7.05. The lowest BCUT2D eigenvalue weighted by atomic mass is 9.80. The summed E-state index contributed by atoms with van der Waals surface area (Å²) in [5.41, 5.74) is 16.4. The zero-order valence-corrected chi connectivity index (χ0v) is 27.9. The molecule has 2 aliphatic carbocycles. The highest BCUT2D eigenvalue weighted by atomic mass is 15.1. The lowest BCUT2D eigenvalue weighted by molar-refractivity contribution is 0.590. The van der Waals surface area contributed by atoms with Gasteiger partial charge in [0.15, 0.2) is 0 Å². The van der Waals surface area contributed by atoms with Crippen molar-refractivity contribution in [3.8, 4) is 11.1 Å². The minimum atomic E-state index is -0.137. The number of anilines is 3. The van der Waals surface area contributed by atoms with Crippen LogP contribution in [0.15, 0.2) is 97.6 Å². The molecular weight excluding hydrogens is 518 g/mol.